The van der Waals surface area contributed by atoms with Crippen molar-refractivity contribution in [3.8, 4) is 11.5 Å². The molecule has 0 aliphatic heterocycles. The Kier molecular flexibility index (Phi) is 6.77. The van der Waals surface area contributed by atoms with Crippen molar-refractivity contribution >= 4 is 28.3 Å². The molecule has 0 aliphatic carbocycles. The van der Waals surface area contributed by atoms with Crippen LogP contribution >= 0.6 is 22.6 Å². The quantitative estimate of drug-likeness (QED) is 0.484. The molecule has 4 heteroatoms. The third kappa shape index (κ3) is 4.89. The van der Waals surface area contributed by atoms with E-state index in [-0.39, 0.29) is 6.04 Å². The summed E-state index contributed by atoms with van der Waals surface area (Å²) in [4.78, 5) is 0. The van der Waals surface area contributed by atoms with Crippen LogP contribution in [0.5, 0.6) is 11.5 Å². The number of methoxy groups -OCH3 is 2. The third-order valence-corrected chi connectivity index (χ3v) is 4.63. The minimum Gasteiger partial charge on any atom is -0.493 e. The Morgan fingerprint density at radius 3 is 2.52 bits per heavy atom. The molecule has 0 heterocycles. The van der Waals surface area contributed by atoms with Crippen LogP contribution < -0.4 is 14.8 Å². The van der Waals surface area contributed by atoms with E-state index in [0.717, 1.165) is 30.0 Å². The molecular formula is C19H22INO2. The van der Waals surface area contributed by atoms with Gasteiger partial charge >= 0.3 is 0 Å². The summed E-state index contributed by atoms with van der Waals surface area (Å²) in [6.07, 6.45) is 3.86. The zero-order valence-electron chi connectivity index (χ0n) is 13.5. The van der Waals surface area contributed by atoms with Crippen LogP contribution in [0, 0.1) is 3.57 Å². The van der Waals surface area contributed by atoms with Crippen molar-refractivity contribution in [3.05, 3.63) is 64.3 Å². The van der Waals surface area contributed by atoms with Crippen LogP contribution in [0.15, 0.2) is 55.1 Å². The summed E-state index contributed by atoms with van der Waals surface area (Å²) in [5.74, 6) is 1.53. The minimum absolute atomic E-state index is 0.221. The molecule has 2 aromatic rings. The lowest BCUT2D eigenvalue weighted by atomic mass is 10.0. The number of anilines is 1. The molecular weight excluding hydrogens is 401 g/mol. The monoisotopic (exact) mass is 423 g/mol. The molecule has 23 heavy (non-hydrogen) atoms. The normalized spacial score (nSPS) is 11.6. The van der Waals surface area contributed by atoms with Crippen molar-refractivity contribution in [1.29, 1.82) is 0 Å². The van der Waals surface area contributed by atoms with Crippen molar-refractivity contribution in [2.45, 2.75) is 18.9 Å². The molecule has 0 aliphatic rings. The highest BCUT2D eigenvalue weighted by molar-refractivity contribution is 14.1. The van der Waals surface area contributed by atoms with Gasteiger partial charge in [0, 0.05) is 15.3 Å². The molecule has 1 N–H and O–H groups in total. The average Bonchev–Trinajstić information content (AvgIpc) is 2.59. The Bertz CT molecular complexity index is 658. The Morgan fingerprint density at radius 1 is 1.13 bits per heavy atom. The zero-order valence-corrected chi connectivity index (χ0v) is 15.7. The zero-order chi connectivity index (χ0) is 16.7. The second kappa shape index (κ2) is 8.82. The number of benzene rings is 2. The molecule has 122 valence electrons. The second-order valence-electron chi connectivity index (χ2n) is 5.19. The maximum atomic E-state index is 5.36. The van der Waals surface area contributed by atoms with Crippen molar-refractivity contribution in [2.24, 2.45) is 0 Å². The van der Waals surface area contributed by atoms with E-state index in [1.807, 2.05) is 30.3 Å². The number of ether oxygens (including phenoxy) is 2. The van der Waals surface area contributed by atoms with E-state index >= 15 is 0 Å². The highest BCUT2D eigenvalue weighted by atomic mass is 127. The topological polar surface area (TPSA) is 30.5 Å². The van der Waals surface area contributed by atoms with Crippen LogP contribution in [0.2, 0.25) is 0 Å². The molecule has 3 nitrogen and oxygen atoms in total. The van der Waals surface area contributed by atoms with E-state index in [4.69, 9.17) is 9.47 Å². The van der Waals surface area contributed by atoms with Gasteiger partial charge in [0.05, 0.1) is 14.2 Å². The summed E-state index contributed by atoms with van der Waals surface area (Å²) < 4.78 is 11.8. The standard InChI is InChI=1S/C19H22INO2/c1-4-15(21-17-8-6-5-7-16(17)20)11-9-14-10-12-18(22-2)19(13-14)23-3/h4-8,10,12-13,15,21H,1,9,11H2,2-3H3/t15-/m1/s1. The van der Waals surface area contributed by atoms with Gasteiger partial charge in [0.25, 0.3) is 0 Å². The van der Waals surface area contributed by atoms with Crippen molar-refractivity contribution in [2.75, 3.05) is 19.5 Å². The van der Waals surface area contributed by atoms with Crippen LogP contribution in [0.4, 0.5) is 5.69 Å². The second-order valence-corrected chi connectivity index (χ2v) is 6.36. The Balaban J connectivity index is 2.00. The average molecular weight is 423 g/mol. The highest BCUT2D eigenvalue weighted by Gasteiger charge is 2.09. The van der Waals surface area contributed by atoms with Gasteiger partial charge in [0.1, 0.15) is 0 Å². The molecule has 2 aromatic carbocycles. The lowest BCUT2D eigenvalue weighted by molar-refractivity contribution is 0.354. The van der Waals surface area contributed by atoms with Crippen LogP contribution in [0.25, 0.3) is 0 Å². The summed E-state index contributed by atoms with van der Waals surface area (Å²) in [7, 11) is 3.31. The first kappa shape index (κ1) is 17.7. The van der Waals surface area contributed by atoms with E-state index < -0.39 is 0 Å². The molecule has 0 aromatic heterocycles. The van der Waals surface area contributed by atoms with Gasteiger partial charge in [0.2, 0.25) is 0 Å². The summed E-state index contributed by atoms with van der Waals surface area (Å²) in [6.45, 7) is 3.95. The van der Waals surface area contributed by atoms with E-state index in [0.29, 0.717) is 0 Å². The summed E-state index contributed by atoms with van der Waals surface area (Å²) in [5, 5.41) is 3.54. The maximum Gasteiger partial charge on any atom is 0.160 e. The molecule has 0 saturated carbocycles. The molecule has 0 saturated heterocycles. The van der Waals surface area contributed by atoms with Crippen LogP contribution in [0.3, 0.4) is 0 Å². The van der Waals surface area contributed by atoms with Crippen molar-refractivity contribution < 1.29 is 9.47 Å². The van der Waals surface area contributed by atoms with Crippen LogP contribution in [-0.2, 0) is 6.42 Å². The maximum absolute atomic E-state index is 5.36. The molecule has 0 amide bonds. The predicted molar refractivity (Wildman–Crippen MR) is 105 cm³/mol. The highest BCUT2D eigenvalue weighted by Crippen LogP contribution is 2.28. The van der Waals surface area contributed by atoms with Gasteiger partial charge in [0.15, 0.2) is 11.5 Å². The fourth-order valence-corrected chi connectivity index (χ4v) is 2.93. The molecule has 2 rings (SSSR count). The largest absolute Gasteiger partial charge is 0.493 e. The summed E-state index contributed by atoms with van der Waals surface area (Å²) >= 11 is 2.34. The van der Waals surface area contributed by atoms with Gasteiger partial charge in [-0.15, -0.1) is 6.58 Å². The molecule has 0 unspecified atom stereocenters. The number of rotatable bonds is 8. The summed E-state index contributed by atoms with van der Waals surface area (Å²) in [6, 6.07) is 14.5. The number of halogens is 1. The molecule has 0 bridgehead atoms. The third-order valence-electron chi connectivity index (χ3n) is 3.69. The van der Waals surface area contributed by atoms with Gasteiger partial charge in [-0.3, -0.25) is 0 Å². The Labute approximate surface area is 151 Å². The fraction of sp³-hybridized carbons (Fsp3) is 0.263. The number of nitrogens with one attached hydrogen (secondary N) is 1. The lowest BCUT2D eigenvalue weighted by Gasteiger charge is -2.17. The van der Waals surface area contributed by atoms with Crippen LogP contribution in [0.1, 0.15) is 12.0 Å². The molecule has 1 atom stereocenters. The lowest BCUT2D eigenvalue weighted by Crippen LogP contribution is -2.18. The number of para-hydroxylation sites is 1. The first-order valence-electron chi connectivity index (χ1n) is 7.52. The van der Waals surface area contributed by atoms with Gasteiger partial charge < -0.3 is 14.8 Å². The Morgan fingerprint density at radius 2 is 1.87 bits per heavy atom. The number of hydrogen-bond donors (Lipinski definition) is 1. The molecule has 0 fully saturated rings. The first-order chi connectivity index (χ1) is 11.2. The fourth-order valence-electron chi connectivity index (χ4n) is 2.39. The van der Waals surface area contributed by atoms with Crippen molar-refractivity contribution in [3.63, 3.8) is 0 Å². The van der Waals surface area contributed by atoms with Gasteiger partial charge in [-0.05, 0) is 65.3 Å². The molecule has 0 radical (unpaired) electrons. The van der Waals surface area contributed by atoms with Gasteiger partial charge in [-0.1, -0.05) is 24.3 Å². The smallest absolute Gasteiger partial charge is 0.160 e. The van der Waals surface area contributed by atoms with Crippen LogP contribution in [-0.4, -0.2) is 20.3 Å². The summed E-state index contributed by atoms with van der Waals surface area (Å²) in [5.41, 5.74) is 2.37. The van der Waals surface area contributed by atoms with Crippen molar-refractivity contribution in [1.82, 2.24) is 0 Å². The van der Waals surface area contributed by atoms with E-state index in [9.17, 15) is 0 Å². The van der Waals surface area contributed by atoms with Gasteiger partial charge in [-0.2, -0.15) is 0 Å². The SMILES string of the molecule is C=C[C@H](CCc1ccc(OC)c(OC)c1)Nc1ccccc1I. The predicted octanol–water partition coefficient (Wildman–Crippen LogP) is 4.91. The first-order valence-corrected chi connectivity index (χ1v) is 8.60. The van der Waals surface area contributed by atoms with E-state index in [2.05, 4.69) is 52.7 Å². The van der Waals surface area contributed by atoms with Gasteiger partial charge in [-0.25, -0.2) is 0 Å². The number of hydrogen-bond acceptors (Lipinski definition) is 3. The minimum atomic E-state index is 0.221. The number of aryl methyl sites for hydroxylation is 1. The van der Waals surface area contributed by atoms with E-state index in [1.54, 1.807) is 14.2 Å². The van der Waals surface area contributed by atoms with E-state index in [1.165, 1.54) is 9.13 Å². The Hall–Kier alpha value is -1.69. The molecule has 0 spiro atoms.